The number of rotatable bonds is 4. The van der Waals surface area contributed by atoms with E-state index >= 15 is 0 Å². The number of fused-ring (bicyclic) bond motifs is 1. The van der Waals surface area contributed by atoms with Crippen LogP contribution in [0.1, 0.15) is 15.9 Å². The van der Waals surface area contributed by atoms with Gasteiger partial charge in [0.15, 0.2) is 9.84 Å². The van der Waals surface area contributed by atoms with Crippen LogP contribution in [-0.4, -0.2) is 32.5 Å². The second-order valence-electron chi connectivity index (χ2n) is 6.22. The van der Waals surface area contributed by atoms with Gasteiger partial charge in [-0.15, -0.1) is 0 Å². The molecule has 0 heterocycles. The average Bonchev–Trinajstić information content (AvgIpc) is 2.61. The molecule has 1 amide bonds. The highest BCUT2D eigenvalue weighted by Crippen LogP contribution is 2.24. The summed E-state index contributed by atoms with van der Waals surface area (Å²) in [6, 6.07) is 18.3. The van der Waals surface area contributed by atoms with Gasteiger partial charge in [0.25, 0.3) is 5.91 Å². The van der Waals surface area contributed by atoms with Gasteiger partial charge in [-0.1, -0.05) is 54.1 Å². The van der Waals surface area contributed by atoms with Crippen LogP contribution in [0.4, 0.5) is 0 Å². The number of amides is 1. The highest BCUT2D eigenvalue weighted by molar-refractivity contribution is 7.90. The number of benzene rings is 3. The van der Waals surface area contributed by atoms with E-state index < -0.39 is 9.84 Å². The fourth-order valence-corrected chi connectivity index (χ4v) is 4.20. The van der Waals surface area contributed by atoms with Gasteiger partial charge in [-0.25, -0.2) is 8.42 Å². The maximum Gasteiger partial charge on any atom is 0.253 e. The summed E-state index contributed by atoms with van der Waals surface area (Å²) >= 11 is 5.96. The van der Waals surface area contributed by atoms with Crippen molar-refractivity contribution in [1.29, 1.82) is 0 Å². The molecule has 0 saturated heterocycles. The van der Waals surface area contributed by atoms with Crippen LogP contribution < -0.4 is 0 Å². The van der Waals surface area contributed by atoms with E-state index in [1.54, 1.807) is 18.0 Å². The van der Waals surface area contributed by atoms with Gasteiger partial charge in [-0.2, -0.15) is 0 Å². The molecule has 0 aliphatic carbocycles. The Morgan fingerprint density at radius 2 is 1.73 bits per heavy atom. The van der Waals surface area contributed by atoms with Crippen molar-refractivity contribution in [3.63, 3.8) is 0 Å². The zero-order valence-electron chi connectivity index (χ0n) is 14.4. The van der Waals surface area contributed by atoms with Crippen molar-refractivity contribution in [3.05, 3.63) is 76.8 Å². The Morgan fingerprint density at radius 1 is 1.04 bits per heavy atom. The maximum atomic E-state index is 12.8. The zero-order chi connectivity index (χ0) is 18.9. The lowest BCUT2D eigenvalue weighted by Crippen LogP contribution is -2.26. The van der Waals surface area contributed by atoms with Crippen molar-refractivity contribution < 1.29 is 13.2 Å². The number of halogens is 1. The molecule has 0 saturated carbocycles. The molecule has 0 N–H and O–H groups in total. The van der Waals surface area contributed by atoms with E-state index in [0.717, 1.165) is 22.6 Å². The van der Waals surface area contributed by atoms with Gasteiger partial charge in [0.05, 0.1) is 9.92 Å². The molecule has 6 heteroatoms. The lowest BCUT2D eigenvalue weighted by atomic mass is 10.0. The van der Waals surface area contributed by atoms with Gasteiger partial charge in [0.2, 0.25) is 0 Å². The molecule has 0 atom stereocenters. The Hall–Kier alpha value is -2.37. The number of nitrogens with zero attached hydrogens (tertiary/aromatic N) is 1. The number of sulfone groups is 1. The molecule has 3 aromatic carbocycles. The summed E-state index contributed by atoms with van der Waals surface area (Å²) in [5.41, 5.74) is 1.31. The molecule has 0 fully saturated rings. The summed E-state index contributed by atoms with van der Waals surface area (Å²) in [5, 5.41) is 2.31. The van der Waals surface area contributed by atoms with E-state index in [2.05, 4.69) is 0 Å². The summed E-state index contributed by atoms with van der Waals surface area (Å²) < 4.78 is 23.7. The minimum Gasteiger partial charge on any atom is -0.337 e. The molecule has 0 unspecified atom stereocenters. The first kappa shape index (κ1) is 18.4. The number of hydrogen-bond donors (Lipinski definition) is 0. The Morgan fingerprint density at radius 3 is 2.46 bits per heavy atom. The van der Waals surface area contributed by atoms with Crippen LogP contribution in [0, 0.1) is 0 Å². The first-order valence-corrected chi connectivity index (χ1v) is 10.3. The Bertz CT molecular complexity index is 1090. The Kier molecular flexibility index (Phi) is 5.03. The van der Waals surface area contributed by atoms with Crippen molar-refractivity contribution in [2.75, 3.05) is 13.3 Å². The molecule has 0 aromatic heterocycles. The molecule has 0 bridgehead atoms. The van der Waals surface area contributed by atoms with E-state index in [4.69, 9.17) is 11.6 Å². The fraction of sp³-hybridized carbons (Fsp3) is 0.150. The molecule has 0 radical (unpaired) electrons. The molecular formula is C20H18ClNO3S. The quantitative estimate of drug-likeness (QED) is 0.675. The van der Waals surface area contributed by atoms with Gasteiger partial charge >= 0.3 is 0 Å². The first-order valence-electron chi connectivity index (χ1n) is 7.99. The average molecular weight is 388 g/mol. The van der Waals surface area contributed by atoms with E-state index in [1.165, 1.54) is 12.1 Å². The molecule has 3 rings (SSSR count). The van der Waals surface area contributed by atoms with Crippen molar-refractivity contribution in [2.45, 2.75) is 11.4 Å². The minimum absolute atomic E-state index is 0.0384. The predicted molar refractivity (Wildman–Crippen MR) is 104 cm³/mol. The molecule has 0 aliphatic rings. The normalized spacial score (nSPS) is 11.5. The van der Waals surface area contributed by atoms with Gasteiger partial charge in [0.1, 0.15) is 0 Å². The molecule has 4 nitrogen and oxygen atoms in total. The van der Waals surface area contributed by atoms with Crippen LogP contribution >= 0.6 is 11.6 Å². The van der Waals surface area contributed by atoms with E-state index in [0.29, 0.717) is 6.54 Å². The summed E-state index contributed by atoms with van der Waals surface area (Å²) in [4.78, 5) is 14.3. The summed E-state index contributed by atoms with van der Waals surface area (Å²) in [7, 11) is -1.81. The first-order chi connectivity index (χ1) is 12.3. The number of carbonyl (C=O) groups excluding carboxylic acids is 1. The van der Waals surface area contributed by atoms with Crippen LogP contribution in [0.15, 0.2) is 65.6 Å². The summed E-state index contributed by atoms with van der Waals surface area (Å²) in [6.07, 6.45) is 1.07. The second kappa shape index (κ2) is 7.09. The predicted octanol–water partition coefficient (Wildman–Crippen LogP) is 4.17. The van der Waals surface area contributed by atoms with Gasteiger partial charge in [-0.05, 0) is 34.5 Å². The van der Waals surface area contributed by atoms with Gasteiger partial charge in [0, 0.05) is 25.4 Å². The summed E-state index contributed by atoms with van der Waals surface area (Å²) in [5.74, 6) is -0.264. The van der Waals surface area contributed by atoms with Gasteiger partial charge < -0.3 is 4.90 Å². The third kappa shape index (κ3) is 3.74. The van der Waals surface area contributed by atoms with E-state index in [1.807, 2.05) is 42.5 Å². The largest absolute Gasteiger partial charge is 0.337 e. The second-order valence-corrected chi connectivity index (χ2v) is 8.61. The van der Waals surface area contributed by atoms with E-state index in [-0.39, 0.29) is 21.4 Å². The topological polar surface area (TPSA) is 54.5 Å². The van der Waals surface area contributed by atoms with Crippen LogP contribution in [0.5, 0.6) is 0 Å². The van der Waals surface area contributed by atoms with Crippen LogP contribution in [-0.2, 0) is 16.4 Å². The van der Waals surface area contributed by atoms with E-state index in [9.17, 15) is 13.2 Å². The smallest absolute Gasteiger partial charge is 0.253 e. The van der Waals surface area contributed by atoms with Crippen LogP contribution in [0.2, 0.25) is 5.02 Å². The third-order valence-corrected chi connectivity index (χ3v) is 5.79. The fourth-order valence-electron chi connectivity index (χ4n) is 2.90. The van der Waals surface area contributed by atoms with Crippen molar-refractivity contribution in [1.82, 2.24) is 4.90 Å². The molecule has 3 aromatic rings. The molecule has 134 valence electrons. The van der Waals surface area contributed by atoms with Crippen molar-refractivity contribution in [3.8, 4) is 0 Å². The monoisotopic (exact) mass is 387 g/mol. The van der Waals surface area contributed by atoms with Gasteiger partial charge in [-0.3, -0.25) is 4.79 Å². The molecular weight excluding hydrogens is 370 g/mol. The third-order valence-electron chi connectivity index (χ3n) is 4.21. The SMILES string of the molecule is CN(Cc1cccc2ccccc12)C(=O)c1ccc(Cl)c(S(C)(=O)=O)c1. The molecule has 26 heavy (non-hydrogen) atoms. The molecule has 0 spiro atoms. The highest BCUT2D eigenvalue weighted by atomic mass is 35.5. The maximum absolute atomic E-state index is 12.8. The zero-order valence-corrected chi connectivity index (χ0v) is 16.0. The number of carbonyl (C=O) groups is 1. The van der Waals surface area contributed by atoms with Crippen molar-refractivity contribution in [2.24, 2.45) is 0 Å². The lowest BCUT2D eigenvalue weighted by Gasteiger charge is -2.19. The Balaban J connectivity index is 1.91. The standard InChI is InChI=1S/C20H18ClNO3S/c1-22(13-16-8-5-7-14-6-3-4-9-17(14)16)20(23)15-10-11-18(21)19(12-15)26(2,24)25/h3-12H,13H2,1-2H3. The van der Waals surface area contributed by atoms with Crippen LogP contribution in [0.3, 0.4) is 0 Å². The molecule has 0 aliphatic heterocycles. The van der Waals surface area contributed by atoms with Crippen LogP contribution in [0.25, 0.3) is 10.8 Å². The number of hydrogen-bond acceptors (Lipinski definition) is 3. The van der Waals surface area contributed by atoms with Crippen molar-refractivity contribution >= 4 is 38.1 Å². The Labute approximate surface area is 157 Å². The lowest BCUT2D eigenvalue weighted by molar-refractivity contribution is 0.0785. The highest BCUT2D eigenvalue weighted by Gasteiger charge is 2.18. The minimum atomic E-state index is -3.51. The summed E-state index contributed by atoms with van der Waals surface area (Å²) in [6.45, 7) is 0.414.